The van der Waals surface area contributed by atoms with Crippen molar-refractivity contribution in [2.75, 3.05) is 13.1 Å². The first kappa shape index (κ1) is 19.4. The van der Waals surface area contributed by atoms with E-state index in [1.54, 1.807) is 35.2 Å². The summed E-state index contributed by atoms with van der Waals surface area (Å²) in [6.07, 6.45) is 2.22. The molecular formula is C20H20FN3O4S. The van der Waals surface area contributed by atoms with Crippen LogP contribution in [0.25, 0.3) is 11.3 Å². The third kappa shape index (κ3) is 4.24. The lowest BCUT2D eigenvalue weighted by Gasteiger charge is -2.31. The van der Waals surface area contributed by atoms with Gasteiger partial charge in [-0.15, -0.1) is 0 Å². The van der Waals surface area contributed by atoms with Crippen molar-refractivity contribution >= 4 is 15.7 Å². The molecular weight excluding hydrogens is 397 g/mol. The van der Waals surface area contributed by atoms with Gasteiger partial charge >= 0.3 is 0 Å². The van der Waals surface area contributed by atoms with Gasteiger partial charge in [-0.3, -0.25) is 9.89 Å². The quantitative estimate of drug-likeness (QED) is 0.688. The van der Waals surface area contributed by atoms with Crippen LogP contribution >= 0.6 is 0 Å². The van der Waals surface area contributed by atoms with Crippen LogP contribution in [0.15, 0.2) is 53.1 Å². The van der Waals surface area contributed by atoms with Crippen LogP contribution in [0, 0.1) is 5.82 Å². The standard InChI is InChI=1S/C20H20FN3O4S/c21-15-5-3-14(4-6-15)18-12-19(23-22-18)20(25)24-9-7-17(8-10-24)29(26,27)13-16-2-1-11-28-16/h1-6,11-12,17H,7-10,13H2,(H,22,23). The number of piperidine rings is 1. The number of carbonyl (C=O) groups excluding carboxylic acids is 1. The predicted molar refractivity (Wildman–Crippen MR) is 104 cm³/mol. The number of benzene rings is 1. The van der Waals surface area contributed by atoms with Crippen molar-refractivity contribution in [3.63, 3.8) is 0 Å². The maximum absolute atomic E-state index is 13.1. The van der Waals surface area contributed by atoms with E-state index in [-0.39, 0.29) is 17.5 Å². The maximum atomic E-state index is 13.1. The molecule has 152 valence electrons. The van der Waals surface area contributed by atoms with E-state index in [1.165, 1.54) is 18.4 Å². The van der Waals surface area contributed by atoms with E-state index in [9.17, 15) is 17.6 Å². The molecule has 0 unspecified atom stereocenters. The molecule has 1 fully saturated rings. The molecule has 1 aliphatic rings. The minimum Gasteiger partial charge on any atom is -0.468 e. The van der Waals surface area contributed by atoms with Crippen molar-refractivity contribution in [3.05, 3.63) is 66.0 Å². The Labute approximate surface area is 167 Å². The Balaban J connectivity index is 1.38. The number of aromatic nitrogens is 2. The number of rotatable bonds is 5. The van der Waals surface area contributed by atoms with Crippen LogP contribution < -0.4 is 0 Å². The number of amides is 1. The Morgan fingerprint density at radius 1 is 1.21 bits per heavy atom. The smallest absolute Gasteiger partial charge is 0.271 e. The van der Waals surface area contributed by atoms with Gasteiger partial charge in [0.25, 0.3) is 5.91 Å². The first-order valence-electron chi connectivity index (χ1n) is 9.27. The zero-order chi connectivity index (χ0) is 20.4. The molecule has 3 aromatic rings. The summed E-state index contributed by atoms with van der Waals surface area (Å²) in [6, 6.07) is 10.8. The van der Waals surface area contributed by atoms with Crippen LogP contribution in [0.4, 0.5) is 4.39 Å². The number of carbonyl (C=O) groups is 1. The van der Waals surface area contributed by atoms with Gasteiger partial charge in [0.1, 0.15) is 23.0 Å². The summed E-state index contributed by atoms with van der Waals surface area (Å²) in [5, 5.41) is 6.36. The molecule has 1 amide bonds. The van der Waals surface area contributed by atoms with Gasteiger partial charge in [0.15, 0.2) is 9.84 Å². The number of furan rings is 1. The van der Waals surface area contributed by atoms with E-state index < -0.39 is 15.1 Å². The third-order valence-electron chi connectivity index (χ3n) is 5.11. The van der Waals surface area contributed by atoms with Gasteiger partial charge in [-0.25, -0.2) is 12.8 Å². The van der Waals surface area contributed by atoms with Crippen molar-refractivity contribution in [2.45, 2.75) is 23.8 Å². The molecule has 0 radical (unpaired) electrons. The molecule has 0 saturated carbocycles. The largest absolute Gasteiger partial charge is 0.468 e. The van der Waals surface area contributed by atoms with Gasteiger partial charge in [-0.1, -0.05) is 0 Å². The van der Waals surface area contributed by atoms with Crippen LogP contribution in [0.3, 0.4) is 0 Å². The molecule has 0 bridgehead atoms. The molecule has 1 saturated heterocycles. The topological polar surface area (TPSA) is 96.3 Å². The molecule has 0 spiro atoms. The molecule has 0 atom stereocenters. The molecule has 2 aromatic heterocycles. The van der Waals surface area contributed by atoms with E-state index in [2.05, 4.69) is 10.2 Å². The van der Waals surface area contributed by atoms with E-state index in [4.69, 9.17) is 4.42 Å². The van der Waals surface area contributed by atoms with Gasteiger partial charge in [-0.2, -0.15) is 5.10 Å². The lowest BCUT2D eigenvalue weighted by atomic mass is 10.1. The van der Waals surface area contributed by atoms with Gasteiger partial charge in [0.05, 0.1) is 17.2 Å². The number of halogens is 1. The van der Waals surface area contributed by atoms with Crippen LogP contribution in [0.5, 0.6) is 0 Å². The first-order valence-corrected chi connectivity index (χ1v) is 11.0. The first-order chi connectivity index (χ1) is 13.9. The van der Waals surface area contributed by atoms with Crippen molar-refractivity contribution in [2.24, 2.45) is 0 Å². The second-order valence-electron chi connectivity index (χ2n) is 7.05. The highest BCUT2D eigenvalue weighted by Crippen LogP contribution is 2.24. The van der Waals surface area contributed by atoms with Crippen molar-refractivity contribution in [3.8, 4) is 11.3 Å². The van der Waals surface area contributed by atoms with Crippen molar-refractivity contribution < 1.29 is 22.0 Å². The molecule has 7 nitrogen and oxygen atoms in total. The normalized spacial score (nSPS) is 15.6. The average molecular weight is 417 g/mol. The summed E-state index contributed by atoms with van der Waals surface area (Å²) in [5.74, 6) is -0.271. The van der Waals surface area contributed by atoms with Gasteiger partial charge in [0.2, 0.25) is 0 Å². The fourth-order valence-electron chi connectivity index (χ4n) is 3.50. The number of aromatic amines is 1. The number of likely N-dealkylation sites (tertiary alicyclic amines) is 1. The number of hydrogen-bond donors (Lipinski definition) is 1. The zero-order valence-electron chi connectivity index (χ0n) is 15.5. The fraction of sp³-hybridized carbons (Fsp3) is 0.300. The summed E-state index contributed by atoms with van der Waals surface area (Å²) in [6.45, 7) is 0.706. The number of nitrogens with one attached hydrogen (secondary N) is 1. The predicted octanol–water partition coefficient (Wildman–Crippen LogP) is 3.03. The summed E-state index contributed by atoms with van der Waals surface area (Å²) < 4.78 is 43.4. The zero-order valence-corrected chi connectivity index (χ0v) is 16.4. The maximum Gasteiger partial charge on any atom is 0.271 e. The lowest BCUT2D eigenvalue weighted by Crippen LogP contribution is -2.42. The monoisotopic (exact) mass is 417 g/mol. The Morgan fingerprint density at radius 3 is 2.59 bits per heavy atom. The Morgan fingerprint density at radius 2 is 1.93 bits per heavy atom. The minimum atomic E-state index is -3.34. The molecule has 4 rings (SSSR count). The Hall–Kier alpha value is -2.94. The van der Waals surface area contributed by atoms with Crippen molar-refractivity contribution in [1.82, 2.24) is 15.1 Å². The van der Waals surface area contributed by atoms with Crippen molar-refractivity contribution in [1.29, 1.82) is 0 Å². The number of sulfone groups is 1. The van der Waals surface area contributed by atoms with Crippen LogP contribution in [-0.2, 0) is 15.6 Å². The Kier molecular flexibility index (Phi) is 5.23. The highest BCUT2D eigenvalue weighted by atomic mass is 32.2. The summed E-state index contributed by atoms with van der Waals surface area (Å²) in [4.78, 5) is 14.4. The van der Waals surface area contributed by atoms with E-state index in [1.807, 2.05) is 0 Å². The van der Waals surface area contributed by atoms with Crippen LogP contribution in [-0.4, -0.2) is 47.8 Å². The second kappa shape index (κ2) is 7.82. The van der Waals surface area contributed by atoms with Gasteiger partial charge in [0, 0.05) is 18.7 Å². The van der Waals surface area contributed by atoms with Gasteiger partial charge < -0.3 is 9.32 Å². The molecule has 1 aromatic carbocycles. The third-order valence-corrected chi connectivity index (χ3v) is 7.28. The van der Waals surface area contributed by atoms with E-state index >= 15 is 0 Å². The molecule has 9 heteroatoms. The molecule has 1 N–H and O–H groups in total. The second-order valence-corrected chi connectivity index (χ2v) is 9.33. The van der Waals surface area contributed by atoms with Gasteiger partial charge in [-0.05, 0) is 55.3 Å². The van der Waals surface area contributed by atoms with E-state index in [0.717, 1.165) is 0 Å². The SMILES string of the molecule is O=C(c1cc(-c2ccc(F)cc2)n[nH]1)N1CCC(S(=O)(=O)Cc2ccco2)CC1. The average Bonchev–Trinajstić information content (AvgIpc) is 3.40. The van der Waals surface area contributed by atoms with E-state index in [0.29, 0.717) is 48.6 Å². The van der Waals surface area contributed by atoms with Crippen LogP contribution in [0.2, 0.25) is 0 Å². The lowest BCUT2D eigenvalue weighted by molar-refractivity contribution is 0.0719. The number of hydrogen-bond acceptors (Lipinski definition) is 5. The molecule has 3 heterocycles. The highest BCUT2D eigenvalue weighted by molar-refractivity contribution is 7.91. The fourth-order valence-corrected chi connectivity index (χ4v) is 5.22. The number of nitrogens with zero attached hydrogens (tertiary/aromatic N) is 2. The summed E-state index contributed by atoms with van der Waals surface area (Å²) >= 11 is 0. The highest BCUT2D eigenvalue weighted by Gasteiger charge is 2.32. The minimum absolute atomic E-state index is 0.125. The molecule has 1 aliphatic heterocycles. The summed E-state index contributed by atoms with van der Waals surface area (Å²) in [7, 11) is -3.34. The molecule has 29 heavy (non-hydrogen) atoms. The summed E-state index contributed by atoms with van der Waals surface area (Å²) in [5.41, 5.74) is 1.56. The Bertz CT molecular complexity index is 1080. The van der Waals surface area contributed by atoms with Crippen LogP contribution in [0.1, 0.15) is 29.1 Å². The number of H-pyrrole nitrogens is 1. The molecule has 0 aliphatic carbocycles.